The number of hydrogen-bond acceptors (Lipinski definition) is 2. The highest BCUT2D eigenvalue weighted by Gasteiger charge is 2.12. The molecule has 2 amide bonds. The number of halogens is 1. The number of para-hydroxylation sites is 2. The predicted molar refractivity (Wildman–Crippen MR) is 117 cm³/mol. The highest BCUT2D eigenvalue weighted by Crippen LogP contribution is 2.24. The Morgan fingerprint density at radius 2 is 1.57 bits per heavy atom. The Hall–Kier alpha value is -3.67. The molecular weight excluding hydrogens is 379 g/mol. The third-order valence-electron chi connectivity index (χ3n) is 4.92. The lowest BCUT2D eigenvalue weighted by atomic mass is 10.1. The molecule has 0 spiro atoms. The van der Waals surface area contributed by atoms with Crippen molar-refractivity contribution in [3.05, 3.63) is 90.2 Å². The number of rotatable bonds is 7. The molecule has 6 heteroatoms. The van der Waals surface area contributed by atoms with Crippen LogP contribution < -0.4 is 10.6 Å². The van der Waals surface area contributed by atoms with E-state index in [9.17, 15) is 9.18 Å². The number of nitrogens with one attached hydrogen (secondary N) is 2. The van der Waals surface area contributed by atoms with Gasteiger partial charge in [-0.05, 0) is 48.4 Å². The molecular formula is C24H23FN4O. The van der Waals surface area contributed by atoms with Gasteiger partial charge in [0.1, 0.15) is 11.6 Å². The van der Waals surface area contributed by atoms with Crippen LogP contribution in [0.1, 0.15) is 5.56 Å². The summed E-state index contributed by atoms with van der Waals surface area (Å²) >= 11 is 0. The van der Waals surface area contributed by atoms with Crippen LogP contribution in [0.25, 0.3) is 22.4 Å². The molecule has 152 valence electrons. The van der Waals surface area contributed by atoms with Gasteiger partial charge in [-0.25, -0.2) is 14.2 Å². The number of nitrogens with zero attached hydrogens (tertiary/aromatic N) is 2. The van der Waals surface area contributed by atoms with Gasteiger partial charge in [0.25, 0.3) is 0 Å². The number of hydrogen-bond donors (Lipinski definition) is 2. The molecule has 0 saturated carbocycles. The van der Waals surface area contributed by atoms with Crippen LogP contribution in [-0.2, 0) is 13.0 Å². The summed E-state index contributed by atoms with van der Waals surface area (Å²) in [5, 5.41) is 5.79. The van der Waals surface area contributed by atoms with E-state index in [1.54, 1.807) is 12.1 Å². The third kappa shape index (κ3) is 4.66. The number of carbonyl (C=O) groups is 1. The fraction of sp³-hybridized carbons (Fsp3) is 0.167. The number of carbonyl (C=O) groups excluding carboxylic acids is 1. The summed E-state index contributed by atoms with van der Waals surface area (Å²) in [6.07, 6.45) is 0.787. The van der Waals surface area contributed by atoms with Gasteiger partial charge < -0.3 is 15.2 Å². The van der Waals surface area contributed by atoms with Crippen molar-refractivity contribution in [2.75, 3.05) is 13.1 Å². The minimum absolute atomic E-state index is 0.196. The SMILES string of the molecule is O=C(NCCc1ccccc1)NCCn1c(-c2ccc(F)cc2)nc2ccccc21. The van der Waals surface area contributed by atoms with E-state index < -0.39 is 0 Å². The molecule has 0 unspecified atom stereocenters. The first-order chi connectivity index (χ1) is 14.7. The maximum Gasteiger partial charge on any atom is 0.314 e. The van der Waals surface area contributed by atoms with Gasteiger partial charge in [-0.2, -0.15) is 0 Å². The Kier molecular flexibility index (Phi) is 6.03. The van der Waals surface area contributed by atoms with Crippen molar-refractivity contribution < 1.29 is 9.18 Å². The van der Waals surface area contributed by atoms with E-state index in [-0.39, 0.29) is 11.8 Å². The number of amides is 2. The zero-order chi connectivity index (χ0) is 20.8. The number of urea groups is 1. The van der Waals surface area contributed by atoms with Crippen LogP contribution in [0, 0.1) is 5.82 Å². The molecule has 5 nitrogen and oxygen atoms in total. The Balaban J connectivity index is 1.39. The lowest BCUT2D eigenvalue weighted by Crippen LogP contribution is -2.38. The van der Waals surface area contributed by atoms with Crippen molar-refractivity contribution in [3.63, 3.8) is 0 Å². The molecule has 30 heavy (non-hydrogen) atoms. The topological polar surface area (TPSA) is 59.0 Å². The normalized spacial score (nSPS) is 10.8. The monoisotopic (exact) mass is 402 g/mol. The second kappa shape index (κ2) is 9.22. The zero-order valence-corrected chi connectivity index (χ0v) is 16.5. The number of fused-ring (bicyclic) bond motifs is 1. The van der Waals surface area contributed by atoms with Crippen molar-refractivity contribution in [2.24, 2.45) is 0 Å². The average Bonchev–Trinajstić information content (AvgIpc) is 3.14. The molecule has 2 N–H and O–H groups in total. The molecule has 4 aromatic rings. The maximum absolute atomic E-state index is 13.3. The first-order valence-corrected chi connectivity index (χ1v) is 9.97. The molecule has 1 aromatic heterocycles. The smallest absolute Gasteiger partial charge is 0.314 e. The van der Waals surface area contributed by atoms with Crippen LogP contribution >= 0.6 is 0 Å². The maximum atomic E-state index is 13.3. The molecule has 0 bridgehead atoms. The zero-order valence-electron chi connectivity index (χ0n) is 16.5. The summed E-state index contributed by atoms with van der Waals surface area (Å²) in [7, 11) is 0. The Morgan fingerprint density at radius 1 is 0.867 bits per heavy atom. The van der Waals surface area contributed by atoms with E-state index in [0.717, 1.165) is 28.8 Å². The van der Waals surface area contributed by atoms with Gasteiger partial charge in [-0.15, -0.1) is 0 Å². The first-order valence-electron chi connectivity index (χ1n) is 9.97. The largest absolute Gasteiger partial charge is 0.338 e. The predicted octanol–water partition coefficient (Wildman–Crippen LogP) is 4.38. The summed E-state index contributed by atoms with van der Waals surface area (Å²) in [6.45, 7) is 1.58. The van der Waals surface area contributed by atoms with Crippen LogP contribution in [0.4, 0.5) is 9.18 Å². The molecule has 0 radical (unpaired) electrons. The minimum atomic E-state index is -0.282. The average molecular weight is 402 g/mol. The molecule has 1 heterocycles. The van der Waals surface area contributed by atoms with Gasteiger partial charge in [0.15, 0.2) is 0 Å². The van der Waals surface area contributed by atoms with Crippen molar-refractivity contribution >= 4 is 17.1 Å². The highest BCUT2D eigenvalue weighted by atomic mass is 19.1. The van der Waals surface area contributed by atoms with E-state index >= 15 is 0 Å². The summed E-state index contributed by atoms with van der Waals surface area (Å²) in [5.74, 6) is 0.470. The van der Waals surface area contributed by atoms with E-state index in [1.165, 1.54) is 17.7 Å². The quantitative estimate of drug-likeness (QED) is 0.482. The van der Waals surface area contributed by atoms with Gasteiger partial charge in [0.05, 0.1) is 11.0 Å². The molecule has 0 saturated heterocycles. The van der Waals surface area contributed by atoms with Crippen LogP contribution in [0.15, 0.2) is 78.9 Å². The van der Waals surface area contributed by atoms with Crippen LogP contribution in [0.5, 0.6) is 0 Å². The molecule has 4 rings (SSSR count). The summed E-state index contributed by atoms with van der Waals surface area (Å²) in [4.78, 5) is 16.8. The lowest BCUT2D eigenvalue weighted by molar-refractivity contribution is 0.240. The second-order valence-corrected chi connectivity index (χ2v) is 7.00. The number of benzene rings is 3. The fourth-order valence-electron chi connectivity index (χ4n) is 3.43. The fourth-order valence-corrected chi connectivity index (χ4v) is 3.43. The third-order valence-corrected chi connectivity index (χ3v) is 4.92. The lowest BCUT2D eigenvalue weighted by Gasteiger charge is -2.11. The number of imidazole rings is 1. The molecule has 0 aliphatic rings. The Morgan fingerprint density at radius 3 is 2.37 bits per heavy atom. The Labute approximate surface area is 174 Å². The molecule has 0 atom stereocenters. The Bertz CT molecular complexity index is 1120. The van der Waals surface area contributed by atoms with Gasteiger partial charge >= 0.3 is 6.03 Å². The van der Waals surface area contributed by atoms with Gasteiger partial charge in [0, 0.05) is 25.2 Å². The first kappa shape index (κ1) is 19.6. The van der Waals surface area contributed by atoms with Gasteiger partial charge in [0.2, 0.25) is 0 Å². The van der Waals surface area contributed by atoms with Gasteiger partial charge in [-0.3, -0.25) is 0 Å². The van der Waals surface area contributed by atoms with E-state index in [4.69, 9.17) is 4.98 Å². The molecule has 0 fully saturated rings. The highest BCUT2D eigenvalue weighted by molar-refractivity contribution is 5.80. The van der Waals surface area contributed by atoms with Gasteiger partial charge in [-0.1, -0.05) is 42.5 Å². The van der Waals surface area contributed by atoms with Crippen LogP contribution in [0.3, 0.4) is 0 Å². The number of aromatic nitrogens is 2. The van der Waals surface area contributed by atoms with E-state index in [0.29, 0.717) is 19.6 Å². The molecule has 3 aromatic carbocycles. The second-order valence-electron chi connectivity index (χ2n) is 7.00. The van der Waals surface area contributed by atoms with Crippen molar-refractivity contribution in [2.45, 2.75) is 13.0 Å². The van der Waals surface area contributed by atoms with E-state index in [2.05, 4.69) is 10.6 Å². The standard InChI is InChI=1S/C24H23FN4O/c25-20-12-10-19(11-13-20)23-28-21-8-4-5-9-22(21)29(23)17-16-27-24(30)26-15-14-18-6-2-1-3-7-18/h1-13H,14-17H2,(H2,26,27,30). The molecule has 0 aliphatic carbocycles. The summed E-state index contributed by atoms with van der Waals surface area (Å²) in [5.41, 5.74) is 3.86. The summed E-state index contributed by atoms with van der Waals surface area (Å²) < 4.78 is 15.4. The van der Waals surface area contributed by atoms with Crippen LogP contribution in [0.2, 0.25) is 0 Å². The van der Waals surface area contributed by atoms with E-state index in [1.807, 2.05) is 59.2 Å². The van der Waals surface area contributed by atoms with Crippen molar-refractivity contribution in [1.29, 1.82) is 0 Å². The minimum Gasteiger partial charge on any atom is -0.338 e. The van der Waals surface area contributed by atoms with Crippen LogP contribution in [-0.4, -0.2) is 28.7 Å². The van der Waals surface area contributed by atoms with Crippen molar-refractivity contribution in [3.8, 4) is 11.4 Å². The van der Waals surface area contributed by atoms with Crippen molar-refractivity contribution in [1.82, 2.24) is 20.2 Å². The summed E-state index contributed by atoms with van der Waals surface area (Å²) in [6, 6.07) is 24.0. The molecule has 0 aliphatic heterocycles.